The van der Waals surface area contributed by atoms with Gasteiger partial charge in [-0.3, -0.25) is 0 Å². The van der Waals surface area contributed by atoms with Gasteiger partial charge in [0, 0.05) is 24.8 Å². The Kier molecular flexibility index (Phi) is 2.97. The van der Waals surface area contributed by atoms with Crippen molar-refractivity contribution in [2.45, 2.75) is 12.8 Å². The zero-order valence-corrected chi connectivity index (χ0v) is 10.1. The molecule has 0 radical (unpaired) electrons. The van der Waals surface area contributed by atoms with Crippen LogP contribution in [0.4, 0.5) is 10.2 Å². The number of rotatable bonds is 2. The van der Waals surface area contributed by atoms with Gasteiger partial charge in [-0.15, -0.1) is 0 Å². The summed E-state index contributed by atoms with van der Waals surface area (Å²) in [6.07, 6.45) is 4.31. The van der Waals surface area contributed by atoms with Crippen LogP contribution in [0.3, 0.4) is 0 Å². The summed E-state index contributed by atoms with van der Waals surface area (Å²) in [6, 6.07) is 10.6. The summed E-state index contributed by atoms with van der Waals surface area (Å²) in [4.78, 5) is 6.76. The summed E-state index contributed by atoms with van der Waals surface area (Å²) in [6.45, 7) is 2.18. The van der Waals surface area contributed by atoms with Crippen molar-refractivity contribution < 1.29 is 4.39 Å². The largest absolute Gasteiger partial charge is 0.357 e. The van der Waals surface area contributed by atoms with E-state index in [1.807, 2.05) is 24.4 Å². The summed E-state index contributed by atoms with van der Waals surface area (Å²) in [5.41, 5.74) is 1.83. The predicted molar refractivity (Wildman–Crippen MR) is 71.1 cm³/mol. The first-order valence-corrected chi connectivity index (χ1v) is 6.30. The minimum atomic E-state index is -0.212. The lowest BCUT2D eigenvalue weighted by molar-refractivity contribution is 0.628. The Morgan fingerprint density at radius 1 is 1.00 bits per heavy atom. The van der Waals surface area contributed by atoms with E-state index >= 15 is 0 Å². The maximum absolute atomic E-state index is 13.1. The molecule has 1 saturated heterocycles. The molecule has 18 heavy (non-hydrogen) atoms. The van der Waals surface area contributed by atoms with Crippen molar-refractivity contribution in [3.8, 4) is 11.1 Å². The number of hydrogen-bond acceptors (Lipinski definition) is 2. The van der Waals surface area contributed by atoms with Gasteiger partial charge in [0.2, 0.25) is 0 Å². The molecule has 0 aliphatic carbocycles. The van der Waals surface area contributed by atoms with Crippen molar-refractivity contribution >= 4 is 5.82 Å². The van der Waals surface area contributed by atoms with E-state index in [0.29, 0.717) is 0 Å². The molecule has 0 bridgehead atoms. The first kappa shape index (κ1) is 11.2. The topological polar surface area (TPSA) is 16.1 Å². The minimum Gasteiger partial charge on any atom is -0.357 e. The number of benzene rings is 1. The van der Waals surface area contributed by atoms with E-state index in [0.717, 1.165) is 30.0 Å². The Labute approximate surface area is 106 Å². The van der Waals surface area contributed by atoms with Gasteiger partial charge in [0.25, 0.3) is 0 Å². The molecule has 1 aliphatic heterocycles. The molecule has 2 aromatic rings. The second-order valence-corrected chi connectivity index (χ2v) is 4.61. The van der Waals surface area contributed by atoms with Crippen LogP contribution in [-0.4, -0.2) is 18.1 Å². The third-order valence-electron chi connectivity index (χ3n) is 3.34. The van der Waals surface area contributed by atoms with E-state index in [1.54, 1.807) is 6.07 Å². The first-order valence-electron chi connectivity index (χ1n) is 6.30. The van der Waals surface area contributed by atoms with Crippen LogP contribution in [0.2, 0.25) is 0 Å². The van der Waals surface area contributed by atoms with Gasteiger partial charge < -0.3 is 4.90 Å². The molecule has 1 aromatic carbocycles. The summed E-state index contributed by atoms with van der Waals surface area (Å²) in [7, 11) is 0. The molecule has 2 nitrogen and oxygen atoms in total. The third kappa shape index (κ3) is 2.21. The van der Waals surface area contributed by atoms with Gasteiger partial charge in [-0.2, -0.15) is 0 Å². The van der Waals surface area contributed by atoms with E-state index in [-0.39, 0.29) is 5.82 Å². The van der Waals surface area contributed by atoms with E-state index in [2.05, 4.69) is 9.88 Å². The molecule has 0 unspecified atom stereocenters. The zero-order chi connectivity index (χ0) is 12.4. The smallest absolute Gasteiger partial charge is 0.128 e. The second-order valence-electron chi connectivity index (χ2n) is 4.61. The molecule has 3 rings (SSSR count). The highest BCUT2D eigenvalue weighted by Crippen LogP contribution is 2.23. The second kappa shape index (κ2) is 4.77. The molecule has 0 spiro atoms. The molecular weight excluding hydrogens is 227 g/mol. The monoisotopic (exact) mass is 242 g/mol. The fraction of sp³-hybridized carbons (Fsp3) is 0.267. The normalized spacial score (nSPS) is 15.1. The molecule has 0 amide bonds. The van der Waals surface area contributed by atoms with Crippen LogP contribution >= 0.6 is 0 Å². The molecule has 2 heterocycles. The van der Waals surface area contributed by atoms with Crippen molar-refractivity contribution in [2.24, 2.45) is 0 Å². The summed E-state index contributed by atoms with van der Waals surface area (Å²) in [5.74, 6) is 0.809. The van der Waals surface area contributed by atoms with Crippen LogP contribution in [0, 0.1) is 5.82 Å². The Bertz CT molecular complexity index is 530. The third-order valence-corrected chi connectivity index (χ3v) is 3.34. The van der Waals surface area contributed by atoms with E-state index in [4.69, 9.17) is 0 Å². The Morgan fingerprint density at radius 2 is 1.83 bits per heavy atom. The quantitative estimate of drug-likeness (QED) is 0.801. The number of anilines is 1. The summed E-state index contributed by atoms with van der Waals surface area (Å²) >= 11 is 0. The molecule has 0 N–H and O–H groups in total. The van der Waals surface area contributed by atoms with Gasteiger partial charge in [0.1, 0.15) is 11.6 Å². The molecule has 0 saturated carbocycles. The van der Waals surface area contributed by atoms with Crippen LogP contribution in [0.15, 0.2) is 42.6 Å². The van der Waals surface area contributed by atoms with Crippen LogP contribution in [0.1, 0.15) is 12.8 Å². The standard InChI is InChI=1S/C15H15FN2/c16-14-5-3-4-12(10-14)13-6-7-15(17-11-13)18-8-1-2-9-18/h3-7,10-11H,1-2,8-9H2. The highest BCUT2D eigenvalue weighted by atomic mass is 19.1. The fourth-order valence-corrected chi connectivity index (χ4v) is 2.36. The Morgan fingerprint density at radius 3 is 2.50 bits per heavy atom. The number of aromatic nitrogens is 1. The van der Waals surface area contributed by atoms with Crippen LogP contribution in [0.5, 0.6) is 0 Å². The lowest BCUT2D eigenvalue weighted by Crippen LogP contribution is -2.18. The lowest BCUT2D eigenvalue weighted by Gasteiger charge is -2.16. The number of nitrogens with zero attached hydrogens (tertiary/aromatic N) is 2. The molecule has 1 aromatic heterocycles. The van der Waals surface area contributed by atoms with E-state index in [9.17, 15) is 4.39 Å². The number of halogens is 1. The number of hydrogen-bond donors (Lipinski definition) is 0. The predicted octanol–water partition coefficient (Wildman–Crippen LogP) is 3.49. The highest BCUT2D eigenvalue weighted by Gasteiger charge is 2.13. The lowest BCUT2D eigenvalue weighted by atomic mass is 10.1. The van der Waals surface area contributed by atoms with Gasteiger partial charge in [0.15, 0.2) is 0 Å². The molecule has 3 heteroatoms. The van der Waals surface area contributed by atoms with Gasteiger partial charge in [-0.05, 0) is 42.7 Å². The average molecular weight is 242 g/mol. The van der Waals surface area contributed by atoms with Crippen molar-refractivity contribution in [2.75, 3.05) is 18.0 Å². The average Bonchev–Trinajstić information content (AvgIpc) is 2.93. The van der Waals surface area contributed by atoms with Gasteiger partial charge in [-0.1, -0.05) is 12.1 Å². The van der Waals surface area contributed by atoms with Crippen molar-refractivity contribution in [3.05, 3.63) is 48.4 Å². The molecule has 1 fully saturated rings. The van der Waals surface area contributed by atoms with Crippen molar-refractivity contribution in [1.29, 1.82) is 0 Å². The van der Waals surface area contributed by atoms with Crippen LogP contribution in [-0.2, 0) is 0 Å². The maximum atomic E-state index is 13.1. The van der Waals surface area contributed by atoms with E-state index < -0.39 is 0 Å². The molecule has 0 atom stereocenters. The highest BCUT2D eigenvalue weighted by molar-refractivity contribution is 5.63. The zero-order valence-electron chi connectivity index (χ0n) is 10.1. The summed E-state index contributed by atoms with van der Waals surface area (Å²) in [5, 5.41) is 0. The van der Waals surface area contributed by atoms with Gasteiger partial charge in [0.05, 0.1) is 0 Å². The molecule has 1 aliphatic rings. The first-order chi connectivity index (χ1) is 8.83. The Hall–Kier alpha value is -1.90. The van der Waals surface area contributed by atoms with Crippen LogP contribution in [0.25, 0.3) is 11.1 Å². The Balaban J connectivity index is 1.86. The number of pyridine rings is 1. The summed E-state index contributed by atoms with van der Waals surface area (Å²) < 4.78 is 13.1. The van der Waals surface area contributed by atoms with Gasteiger partial charge in [-0.25, -0.2) is 9.37 Å². The fourth-order valence-electron chi connectivity index (χ4n) is 2.36. The maximum Gasteiger partial charge on any atom is 0.128 e. The van der Waals surface area contributed by atoms with Crippen molar-refractivity contribution in [1.82, 2.24) is 4.98 Å². The van der Waals surface area contributed by atoms with Crippen LogP contribution < -0.4 is 4.90 Å². The van der Waals surface area contributed by atoms with E-state index in [1.165, 1.54) is 25.0 Å². The SMILES string of the molecule is Fc1cccc(-c2ccc(N3CCCC3)nc2)c1. The minimum absolute atomic E-state index is 0.212. The molecular formula is C15H15FN2. The van der Waals surface area contributed by atoms with Crippen molar-refractivity contribution in [3.63, 3.8) is 0 Å². The van der Waals surface area contributed by atoms with Gasteiger partial charge >= 0.3 is 0 Å². The molecule has 92 valence electrons.